The molecule has 0 aliphatic carbocycles. The highest BCUT2D eigenvalue weighted by molar-refractivity contribution is 14.0. The lowest BCUT2D eigenvalue weighted by atomic mass is 10.2. The molecule has 166 valence electrons. The molecule has 9 heteroatoms. The number of rotatable bonds is 12. The van der Waals surface area contributed by atoms with E-state index >= 15 is 0 Å². The molecular formula is C21H31IN4O4. The molecule has 2 aromatic rings. The van der Waals surface area contributed by atoms with Gasteiger partial charge >= 0.3 is 0 Å². The zero-order chi connectivity index (χ0) is 20.7. The minimum atomic E-state index is -0.138. The van der Waals surface area contributed by atoms with E-state index in [1.165, 1.54) is 0 Å². The molecule has 2 rings (SSSR count). The summed E-state index contributed by atoms with van der Waals surface area (Å²) in [5.74, 6) is 2.06. The lowest BCUT2D eigenvalue weighted by Crippen LogP contribution is -2.41. The van der Waals surface area contributed by atoms with Crippen molar-refractivity contribution < 1.29 is 18.7 Å². The van der Waals surface area contributed by atoms with Crippen molar-refractivity contribution in [1.82, 2.24) is 16.0 Å². The van der Waals surface area contributed by atoms with Gasteiger partial charge in [-0.1, -0.05) is 6.07 Å². The number of amides is 1. The predicted molar refractivity (Wildman–Crippen MR) is 128 cm³/mol. The smallest absolute Gasteiger partial charge is 0.251 e. The third-order valence-electron chi connectivity index (χ3n) is 3.92. The van der Waals surface area contributed by atoms with E-state index in [0.29, 0.717) is 50.1 Å². The maximum Gasteiger partial charge on any atom is 0.251 e. The number of methoxy groups -OCH3 is 1. The predicted octanol–water partition coefficient (Wildman–Crippen LogP) is 2.80. The summed E-state index contributed by atoms with van der Waals surface area (Å²) < 4.78 is 15.9. The molecule has 0 saturated carbocycles. The van der Waals surface area contributed by atoms with E-state index in [4.69, 9.17) is 13.9 Å². The zero-order valence-corrected chi connectivity index (χ0v) is 19.8. The summed E-state index contributed by atoms with van der Waals surface area (Å²) in [6.45, 7) is 5.54. The third-order valence-corrected chi connectivity index (χ3v) is 3.92. The number of guanidine groups is 1. The number of carbonyl (C=O) groups is 1. The maximum atomic E-state index is 12.2. The first kappa shape index (κ1) is 25.8. The standard InChI is InChI=1S/C21H30N4O4.HI/c1-3-22-21(24-10-6-13-28-16-19-9-5-14-29-19)25-12-11-23-20(26)17-7-4-8-18(15-17)27-2;/h4-5,7-9,14-15H,3,6,10-13,16H2,1-2H3,(H,23,26)(H2,22,24,25);1H. The van der Waals surface area contributed by atoms with Gasteiger partial charge < -0.3 is 29.8 Å². The van der Waals surface area contributed by atoms with Crippen LogP contribution in [0.1, 0.15) is 29.5 Å². The first-order chi connectivity index (χ1) is 14.2. The molecule has 0 atom stereocenters. The first-order valence-electron chi connectivity index (χ1n) is 9.77. The Kier molecular flexibility index (Phi) is 13.4. The Morgan fingerprint density at radius 1 is 1.13 bits per heavy atom. The molecule has 0 aliphatic rings. The van der Waals surface area contributed by atoms with Crippen LogP contribution in [-0.2, 0) is 11.3 Å². The Balaban J connectivity index is 0.00000450. The summed E-state index contributed by atoms with van der Waals surface area (Å²) in [6, 6.07) is 10.8. The number of hydrogen-bond acceptors (Lipinski definition) is 5. The number of nitrogens with one attached hydrogen (secondary N) is 3. The van der Waals surface area contributed by atoms with Crippen molar-refractivity contribution >= 4 is 35.8 Å². The molecule has 0 bridgehead atoms. The second kappa shape index (κ2) is 15.6. The molecule has 0 saturated heterocycles. The molecule has 0 spiro atoms. The number of carbonyl (C=O) groups excluding carboxylic acids is 1. The fourth-order valence-corrected chi connectivity index (χ4v) is 2.49. The fourth-order valence-electron chi connectivity index (χ4n) is 2.49. The number of furan rings is 1. The van der Waals surface area contributed by atoms with Crippen molar-refractivity contribution in [2.75, 3.05) is 39.9 Å². The van der Waals surface area contributed by atoms with E-state index < -0.39 is 0 Å². The van der Waals surface area contributed by atoms with Gasteiger partial charge in [-0.15, -0.1) is 24.0 Å². The quantitative estimate of drug-likeness (QED) is 0.169. The highest BCUT2D eigenvalue weighted by Crippen LogP contribution is 2.12. The van der Waals surface area contributed by atoms with Crippen molar-refractivity contribution in [3.05, 3.63) is 54.0 Å². The number of hydrogen-bond donors (Lipinski definition) is 3. The average molecular weight is 530 g/mol. The van der Waals surface area contributed by atoms with Gasteiger partial charge in [-0.2, -0.15) is 0 Å². The van der Waals surface area contributed by atoms with Crippen LogP contribution in [0, 0.1) is 0 Å². The summed E-state index contributed by atoms with van der Waals surface area (Å²) in [5.41, 5.74) is 0.569. The minimum Gasteiger partial charge on any atom is -0.497 e. The van der Waals surface area contributed by atoms with Gasteiger partial charge in [-0.25, -0.2) is 0 Å². The summed E-state index contributed by atoms with van der Waals surface area (Å²) in [6.07, 6.45) is 2.44. The highest BCUT2D eigenvalue weighted by Gasteiger charge is 2.06. The van der Waals surface area contributed by atoms with E-state index in [-0.39, 0.29) is 29.9 Å². The Labute approximate surface area is 194 Å². The van der Waals surface area contributed by atoms with Gasteiger partial charge in [-0.05, 0) is 43.7 Å². The van der Waals surface area contributed by atoms with Gasteiger partial charge in [0.25, 0.3) is 5.91 Å². The van der Waals surface area contributed by atoms with Gasteiger partial charge in [0.2, 0.25) is 0 Å². The number of halogens is 1. The summed E-state index contributed by atoms with van der Waals surface area (Å²) >= 11 is 0. The Bertz CT molecular complexity index is 753. The first-order valence-corrected chi connectivity index (χ1v) is 9.77. The highest BCUT2D eigenvalue weighted by atomic mass is 127. The average Bonchev–Trinajstić information content (AvgIpc) is 3.26. The second-order valence-electron chi connectivity index (χ2n) is 6.16. The van der Waals surface area contributed by atoms with E-state index in [2.05, 4.69) is 20.9 Å². The van der Waals surface area contributed by atoms with Crippen LogP contribution in [0.5, 0.6) is 5.75 Å². The molecule has 0 aliphatic heterocycles. The van der Waals surface area contributed by atoms with Crippen LogP contribution in [-0.4, -0.2) is 51.8 Å². The number of benzene rings is 1. The lowest BCUT2D eigenvalue weighted by molar-refractivity contribution is 0.0954. The van der Waals surface area contributed by atoms with Crippen molar-refractivity contribution in [3.8, 4) is 5.75 Å². The van der Waals surface area contributed by atoms with Gasteiger partial charge in [0.1, 0.15) is 18.1 Å². The summed E-state index contributed by atoms with van der Waals surface area (Å²) in [5, 5.41) is 9.27. The van der Waals surface area contributed by atoms with E-state index in [1.807, 2.05) is 19.1 Å². The summed E-state index contributed by atoms with van der Waals surface area (Å²) in [7, 11) is 1.58. The number of aliphatic imine (C=N–C) groups is 1. The molecule has 0 fully saturated rings. The van der Waals surface area contributed by atoms with Crippen molar-refractivity contribution in [1.29, 1.82) is 0 Å². The van der Waals surface area contributed by atoms with Crippen LogP contribution >= 0.6 is 24.0 Å². The molecule has 1 heterocycles. The monoisotopic (exact) mass is 530 g/mol. The molecule has 3 N–H and O–H groups in total. The molecule has 0 radical (unpaired) electrons. The second-order valence-corrected chi connectivity index (χ2v) is 6.16. The third kappa shape index (κ3) is 9.97. The fraction of sp³-hybridized carbons (Fsp3) is 0.429. The Morgan fingerprint density at radius 3 is 2.70 bits per heavy atom. The van der Waals surface area contributed by atoms with Crippen LogP contribution in [0.4, 0.5) is 0 Å². The molecule has 30 heavy (non-hydrogen) atoms. The topological polar surface area (TPSA) is 97.1 Å². The zero-order valence-electron chi connectivity index (χ0n) is 17.5. The molecule has 8 nitrogen and oxygen atoms in total. The SMILES string of the molecule is CCNC(=NCCCOCc1ccco1)NCCNC(=O)c1cccc(OC)c1.I. The van der Waals surface area contributed by atoms with Crippen LogP contribution in [0.15, 0.2) is 52.1 Å². The largest absolute Gasteiger partial charge is 0.497 e. The molecular weight excluding hydrogens is 499 g/mol. The molecule has 1 aromatic carbocycles. The van der Waals surface area contributed by atoms with Gasteiger partial charge in [0.05, 0.1) is 13.4 Å². The molecule has 0 unspecified atom stereocenters. The molecule has 1 amide bonds. The minimum absolute atomic E-state index is 0. The van der Waals surface area contributed by atoms with E-state index in [9.17, 15) is 4.79 Å². The van der Waals surface area contributed by atoms with Crippen LogP contribution in [0.2, 0.25) is 0 Å². The van der Waals surface area contributed by atoms with E-state index in [1.54, 1.807) is 37.6 Å². The van der Waals surface area contributed by atoms with Gasteiger partial charge in [0.15, 0.2) is 5.96 Å². The van der Waals surface area contributed by atoms with E-state index in [0.717, 1.165) is 18.7 Å². The van der Waals surface area contributed by atoms with Gasteiger partial charge in [-0.3, -0.25) is 9.79 Å². The van der Waals surface area contributed by atoms with Crippen LogP contribution in [0.3, 0.4) is 0 Å². The Hall–Kier alpha value is -2.27. The van der Waals surface area contributed by atoms with Crippen molar-refractivity contribution in [3.63, 3.8) is 0 Å². The normalized spacial score (nSPS) is 10.8. The molecule has 1 aromatic heterocycles. The van der Waals surface area contributed by atoms with Crippen molar-refractivity contribution in [2.45, 2.75) is 20.0 Å². The van der Waals surface area contributed by atoms with Crippen LogP contribution in [0.25, 0.3) is 0 Å². The van der Waals surface area contributed by atoms with Crippen LogP contribution < -0.4 is 20.7 Å². The number of ether oxygens (including phenoxy) is 2. The Morgan fingerprint density at radius 2 is 1.97 bits per heavy atom. The van der Waals surface area contributed by atoms with Crippen molar-refractivity contribution in [2.24, 2.45) is 4.99 Å². The maximum absolute atomic E-state index is 12.2. The van der Waals surface area contributed by atoms with Gasteiger partial charge in [0, 0.05) is 38.3 Å². The number of nitrogens with zero attached hydrogens (tertiary/aromatic N) is 1. The summed E-state index contributed by atoms with van der Waals surface area (Å²) in [4.78, 5) is 16.7. The lowest BCUT2D eigenvalue weighted by Gasteiger charge is -2.12.